The number of aromatic nitrogens is 2. The van der Waals surface area contributed by atoms with Crippen LogP contribution in [-0.4, -0.2) is 15.8 Å². The van der Waals surface area contributed by atoms with E-state index in [0.717, 1.165) is 25.7 Å². The third-order valence-corrected chi connectivity index (χ3v) is 4.12. The van der Waals surface area contributed by atoms with Gasteiger partial charge in [-0.15, -0.1) is 0 Å². The van der Waals surface area contributed by atoms with Crippen molar-refractivity contribution in [2.24, 2.45) is 0 Å². The second kappa shape index (κ2) is 8.90. The van der Waals surface area contributed by atoms with Gasteiger partial charge in [0.1, 0.15) is 23.9 Å². The molecule has 27 heavy (non-hydrogen) atoms. The number of nitrogens with zero attached hydrogens (tertiary/aromatic N) is 3. The minimum atomic E-state index is -0.340. The van der Waals surface area contributed by atoms with Gasteiger partial charge in [-0.25, -0.2) is 9.37 Å². The zero-order valence-electron chi connectivity index (χ0n) is 14.7. The summed E-state index contributed by atoms with van der Waals surface area (Å²) in [6.07, 6.45) is 7.19. The standard InChI is InChI=1S/C20H18FN3O3/c21-15-9-7-14(8-10-15)19-24-16(13-22)18(27-19)6-4-2-1-3-5-17(25)20-23-11-12-26-20/h7-12H,1-6H2. The van der Waals surface area contributed by atoms with Gasteiger partial charge in [-0.1, -0.05) is 12.8 Å². The maximum Gasteiger partial charge on any atom is 0.263 e. The summed E-state index contributed by atoms with van der Waals surface area (Å²) in [6, 6.07) is 7.82. The van der Waals surface area contributed by atoms with Gasteiger partial charge in [-0.3, -0.25) is 4.79 Å². The van der Waals surface area contributed by atoms with Crippen LogP contribution in [0.15, 0.2) is 45.6 Å². The van der Waals surface area contributed by atoms with Gasteiger partial charge in [0.25, 0.3) is 5.89 Å². The average Bonchev–Trinajstić information content (AvgIpc) is 3.35. The maximum absolute atomic E-state index is 13.0. The number of hydrogen-bond acceptors (Lipinski definition) is 6. The molecule has 0 fully saturated rings. The second-order valence-corrected chi connectivity index (χ2v) is 6.08. The van der Waals surface area contributed by atoms with Crippen LogP contribution in [0, 0.1) is 17.1 Å². The fourth-order valence-corrected chi connectivity index (χ4v) is 2.72. The number of Topliss-reactive ketones (excluding diaryl/α,β-unsaturated/α-hetero) is 1. The number of benzene rings is 1. The Hall–Kier alpha value is -3.27. The van der Waals surface area contributed by atoms with Crippen molar-refractivity contribution in [3.05, 3.63) is 59.9 Å². The van der Waals surface area contributed by atoms with E-state index in [-0.39, 0.29) is 23.2 Å². The number of carbonyl (C=O) groups is 1. The molecular weight excluding hydrogens is 349 g/mol. The summed E-state index contributed by atoms with van der Waals surface area (Å²) in [4.78, 5) is 19.8. The lowest BCUT2D eigenvalue weighted by Crippen LogP contribution is -1.99. The van der Waals surface area contributed by atoms with Crippen molar-refractivity contribution in [2.75, 3.05) is 0 Å². The number of carbonyl (C=O) groups excluding carboxylic acids is 1. The molecule has 0 aliphatic carbocycles. The summed E-state index contributed by atoms with van der Waals surface area (Å²) in [6.45, 7) is 0. The first-order valence-corrected chi connectivity index (χ1v) is 8.76. The first kappa shape index (κ1) is 18.5. The summed E-state index contributed by atoms with van der Waals surface area (Å²) in [5, 5.41) is 9.23. The molecule has 0 saturated heterocycles. The molecule has 0 bridgehead atoms. The zero-order chi connectivity index (χ0) is 19.1. The first-order chi connectivity index (χ1) is 13.2. The molecule has 0 aliphatic heterocycles. The quantitative estimate of drug-likeness (QED) is 0.401. The van der Waals surface area contributed by atoms with Gasteiger partial charge in [0, 0.05) is 18.4 Å². The molecule has 0 unspecified atom stereocenters. The van der Waals surface area contributed by atoms with Crippen LogP contribution < -0.4 is 0 Å². The van der Waals surface area contributed by atoms with Crippen LogP contribution in [0.5, 0.6) is 0 Å². The van der Waals surface area contributed by atoms with E-state index in [4.69, 9.17) is 8.83 Å². The zero-order valence-corrected chi connectivity index (χ0v) is 14.7. The molecular formula is C20H18FN3O3. The fraction of sp³-hybridized carbons (Fsp3) is 0.300. The number of nitriles is 1. The predicted molar refractivity (Wildman–Crippen MR) is 94.2 cm³/mol. The lowest BCUT2D eigenvalue weighted by molar-refractivity contribution is 0.0945. The van der Waals surface area contributed by atoms with Gasteiger partial charge >= 0.3 is 0 Å². The van der Waals surface area contributed by atoms with E-state index < -0.39 is 0 Å². The molecule has 0 atom stereocenters. The summed E-state index contributed by atoms with van der Waals surface area (Å²) >= 11 is 0. The third-order valence-electron chi connectivity index (χ3n) is 4.12. The minimum Gasteiger partial charge on any atom is -0.442 e. The Labute approximate surface area is 155 Å². The highest BCUT2D eigenvalue weighted by molar-refractivity contribution is 5.91. The lowest BCUT2D eigenvalue weighted by atomic mass is 10.1. The van der Waals surface area contributed by atoms with Crippen molar-refractivity contribution in [3.63, 3.8) is 0 Å². The van der Waals surface area contributed by atoms with Crippen LogP contribution >= 0.6 is 0 Å². The van der Waals surface area contributed by atoms with Crippen LogP contribution in [0.3, 0.4) is 0 Å². The van der Waals surface area contributed by atoms with Crippen LogP contribution in [0.1, 0.15) is 54.2 Å². The SMILES string of the molecule is N#Cc1nc(-c2ccc(F)cc2)oc1CCCCCCC(=O)c1ncco1. The summed E-state index contributed by atoms with van der Waals surface area (Å²) in [7, 11) is 0. The van der Waals surface area contributed by atoms with E-state index in [2.05, 4.69) is 9.97 Å². The molecule has 0 amide bonds. The Morgan fingerprint density at radius 1 is 1.15 bits per heavy atom. The number of oxazole rings is 2. The molecule has 1 aromatic carbocycles. The second-order valence-electron chi connectivity index (χ2n) is 6.08. The van der Waals surface area contributed by atoms with Crippen LogP contribution in [0.4, 0.5) is 4.39 Å². The van der Waals surface area contributed by atoms with E-state index in [0.29, 0.717) is 30.1 Å². The molecule has 7 heteroatoms. The molecule has 2 heterocycles. The smallest absolute Gasteiger partial charge is 0.263 e. The number of unbranched alkanes of at least 4 members (excludes halogenated alkanes) is 3. The maximum atomic E-state index is 13.0. The highest BCUT2D eigenvalue weighted by atomic mass is 19.1. The first-order valence-electron chi connectivity index (χ1n) is 8.76. The number of ketones is 1. The Balaban J connectivity index is 1.46. The highest BCUT2D eigenvalue weighted by Gasteiger charge is 2.14. The molecule has 6 nitrogen and oxygen atoms in total. The van der Waals surface area contributed by atoms with Crippen molar-refractivity contribution in [2.45, 2.75) is 38.5 Å². The molecule has 3 rings (SSSR count). The Morgan fingerprint density at radius 3 is 2.63 bits per heavy atom. The third kappa shape index (κ3) is 4.88. The fourth-order valence-electron chi connectivity index (χ4n) is 2.72. The van der Waals surface area contributed by atoms with Gasteiger partial charge in [-0.05, 0) is 37.1 Å². The molecule has 0 saturated carbocycles. The monoisotopic (exact) mass is 367 g/mol. The number of hydrogen-bond donors (Lipinski definition) is 0. The topological polar surface area (TPSA) is 92.9 Å². The van der Waals surface area contributed by atoms with E-state index in [1.54, 1.807) is 12.1 Å². The van der Waals surface area contributed by atoms with E-state index >= 15 is 0 Å². The van der Waals surface area contributed by atoms with Crippen molar-refractivity contribution >= 4 is 5.78 Å². The molecule has 3 aromatic rings. The Morgan fingerprint density at radius 2 is 1.93 bits per heavy atom. The molecule has 0 aliphatic rings. The number of halogens is 1. The van der Waals surface area contributed by atoms with Crippen molar-refractivity contribution < 1.29 is 18.0 Å². The summed E-state index contributed by atoms with van der Waals surface area (Å²) < 4.78 is 23.7. The van der Waals surface area contributed by atoms with E-state index in [1.165, 1.54) is 24.6 Å². The van der Waals surface area contributed by atoms with Crippen LogP contribution in [0.2, 0.25) is 0 Å². The van der Waals surface area contributed by atoms with Crippen molar-refractivity contribution in [1.82, 2.24) is 9.97 Å². The minimum absolute atomic E-state index is 0.0917. The predicted octanol–water partition coefficient (Wildman–Crippen LogP) is 4.72. The van der Waals surface area contributed by atoms with Crippen LogP contribution in [0.25, 0.3) is 11.5 Å². The van der Waals surface area contributed by atoms with Gasteiger partial charge < -0.3 is 8.83 Å². The van der Waals surface area contributed by atoms with Gasteiger partial charge in [0.2, 0.25) is 11.7 Å². The summed E-state index contributed by atoms with van der Waals surface area (Å²) in [5.74, 6) is 0.577. The largest absolute Gasteiger partial charge is 0.442 e. The Kier molecular flexibility index (Phi) is 6.10. The van der Waals surface area contributed by atoms with Crippen molar-refractivity contribution in [1.29, 1.82) is 5.26 Å². The molecule has 0 N–H and O–H groups in total. The van der Waals surface area contributed by atoms with Gasteiger partial charge in [0.05, 0.1) is 6.20 Å². The van der Waals surface area contributed by atoms with E-state index in [1.807, 2.05) is 6.07 Å². The Bertz CT molecular complexity index is 925. The van der Waals surface area contributed by atoms with Gasteiger partial charge in [-0.2, -0.15) is 10.2 Å². The van der Waals surface area contributed by atoms with E-state index in [9.17, 15) is 14.4 Å². The normalized spacial score (nSPS) is 10.7. The number of rotatable bonds is 9. The van der Waals surface area contributed by atoms with Crippen molar-refractivity contribution in [3.8, 4) is 17.5 Å². The molecule has 0 radical (unpaired) electrons. The molecule has 138 valence electrons. The summed E-state index contributed by atoms with van der Waals surface area (Å²) in [5.41, 5.74) is 0.887. The van der Waals surface area contributed by atoms with Gasteiger partial charge in [0.15, 0.2) is 5.69 Å². The van der Waals surface area contributed by atoms with Crippen LogP contribution in [-0.2, 0) is 6.42 Å². The molecule has 0 spiro atoms. The molecule has 2 aromatic heterocycles. The average molecular weight is 367 g/mol. The highest BCUT2D eigenvalue weighted by Crippen LogP contribution is 2.23. The lowest BCUT2D eigenvalue weighted by Gasteiger charge is -2.00. The number of aryl methyl sites for hydroxylation is 1.